The second kappa shape index (κ2) is 6.15. The zero-order valence-corrected chi connectivity index (χ0v) is 15.6. The number of aryl methyl sites for hydroxylation is 1. The van der Waals surface area contributed by atoms with E-state index >= 15 is 0 Å². The van der Waals surface area contributed by atoms with E-state index in [2.05, 4.69) is 5.10 Å². The van der Waals surface area contributed by atoms with Gasteiger partial charge in [-0.15, -0.1) is 0 Å². The number of amides is 1. The number of piperazine rings is 1. The molecule has 1 saturated carbocycles. The number of sulfonamides is 1. The van der Waals surface area contributed by atoms with E-state index < -0.39 is 10.0 Å². The summed E-state index contributed by atoms with van der Waals surface area (Å²) in [6.07, 6.45) is 1.95. The van der Waals surface area contributed by atoms with Gasteiger partial charge in [0, 0.05) is 38.1 Å². The Bertz CT molecular complexity index is 742. The van der Waals surface area contributed by atoms with Crippen molar-refractivity contribution in [3.63, 3.8) is 0 Å². The van der Waals surface area contributed by atoms with Crippen LogP contribution in [-0.4, -0.2) is 59.5 Å². The molecule has 1 aliphatic heterocycles. The second-order valence-electron chi connectivity index (χ2n) is 7.04. The highest BCUT2D eigenvalue weighted by Gasteiger charge is 2.38. The predicted octanol–water partition coefficient (Wildman–Crippen LogP) is 1.32. The topological polar surface area (TPSA) is 75.5 Å². The van der Waals surface area contributed by atoms with E-state index in [0.717, 1.165) is 12.8 Å². The Balaban J connectivity index is 1.78. The van der Waals surface area contributed by atoms with Crippen molar-refractivity contribution in [2.75, 3.05) is 26.2 Å². The van der Waals surface area contributed by atoms with Gasteiger partial charge in [-0.05, 0) is 40.5 Å². The van der Waals surface area contributed by atoms with E-state index in [4.69, 9.17) is 0 Å². The third-order valence-electron chi connectivity index (χ3n) is 4.82. The Morgan fingerprint density at radius 1 is 1.12 bits per heavy atom. The first-order valence-electron chi connectivity index (χ1n) is 8.58. The van der Waals surface area contributed by atoms with Gasteiger partial charge in [0.2, 0.25) is 15.9 Å². The van der Waals surface area contributed by atoms with Crippen molar-refractivity contribution in [1.82, 2.24) is 19.0 Å². The molecule has 2 aliphatic rings. The summed E-state index contributed by atoms with van der Waals surface area (Å²) in [4.78, 5) is 14.2. The van der Waals surface area contributed by atoms with E-state index in [1.807, 2.05) is 13.8 Å². The van der Waals surface area contributed by atoms with E-state index in [1.165, 1.54) is 4.31 Å². The SMILES string of the molecule is Cc1nn(C(C)C)c(C)c1S(=O)(=O)N1CCN(C(=O)C2CC2)CC1. The fourth-order valence-corrected chi connectivity index (χ4v) is 5.17. The molecule has 1 aromatic rings. The largest absolute Gasteiger partial charge is 0.340 e. The maximum Gasteiger partial charge on any atom is 0.246 e. The molecule has 2 heterocycles. The molecule has 3 rings (SSSR count). The quantitative estimate of drug-likeness (QED) is 0.817. The van der Waals surface area contributed by atoms with Crippen LogP contribution in [0, 0.1) is 19.8 Å². The number of carbonyl (C=O) groups excluding carboxylic acids is 1. The van der Waals surface area contributed by atoms with Gasteiger partial charge >= 0.3 is 0 Å². The average molecular weight is 354 g/mol. The van der Waals surface area contributed by atoms with E-state index in [1.54, 1.807) is 23.4 Å². The molecule has 134 valence electrons. The van der Waals surface area contributed by atoms with Crippen molar-refractivity contribution in [2.24, 2.45) is 5.92 Å². The first kappa shape index (κ1) is 17.4. The van der Waals surface area contributed by atoms with Gasteiger partial charge in [-0.3, -0.25) is 9.48 Å². The lowest BCUT2D eigenvalue weighted by Crippen LogP contribution is -2.51. The molecule has 1 saturated heterocycles. The Kier molecular flexibility index (Phi) is 4.46. The van der Waals surface area contributed by atoms with Crippen molar-refractivity contribution in [3.8, 4) is 0 Å². The van der Waals surface area contributed by atoms with Gasteiger partial charge in [0.1, 0.15) is 4.90 Å². The maximum absolute atomic E-state index is 13.1. The summed E-state index contributed by atoms with van der Waals surface area (Å²) in [5.41, 5.74) is 1.22. The highest BCUT2D eigenvalue weighted by Crippen LogP contribution is 2.32. The van der Waals surface area contributed by atoms with E-state index in [9.17, 15) is 13.2 Å². The zero-order valence-electron chi connectivity index (χ0n) is 14.8. The fourth-order valence-electron chi connectivity index (χ4n) is 3.39. The molecule has 1 aromatic heterocycles. The van der Waals surface area contributed by atoms with Crippen LogP contribution in [0.4, 0.5) is 0 Å². The van der Waals surface area contributed by atoms with Gasteiger partial charge in [-0.1, -0.05) is 0 Å². The Hall–Kier alpha value is -1.41. The molecule has 1 aliphatic carbocycles. The van der Waals surface area contributed by atoms with Gasteiger partial charge in [0.25, 0.3) is 0 Å². The number of hydrogen-bond acceptors (Lipinski definition) is 4. The molecule has 0 aromatic carbocycles. The molecule has 8 heteroatoms. The van der Waals surface area contributed by atoms with Crippen LogP contribution in [-0.2, 0) is 14.8 Å². The summed E-state index contributed by atoms with van der Waals surface area (Å²) in [5.74, 6) is 0.369. The van der Waals surface area contributed by atoms with E-state index in [-0.39, 0.29) is 17.9 Å². The molecule has 0 unspecified atom stereocenters. The van der Waals surface area contributed by atoms with Crippen LogP contribution in [0.3, 0.4) is 0 Å². The zero-order chi connectivity index (χ0) is 17.6. The first-order valence-corrected chi connectivity index (χ1v) is 10.0. The number of nitrogens with zero attached hydrogens (tertiary/aromatic N) is 4. The summed E-state index contributed by atoms with van der Waals surface area (Å²) in [6.45, 7) is 9.18. The maximum atomic E-state index is 13.1. The van der Waals surface area contributed by atoms with Crippen molar-refractivity contribution in [2.45, 2.75) is 51.5 Å². The summed E-state index contributed by atoms with van der Waals surface area (Å²) in [7, 11) is -3.58. The molecular weight excluding hydrogens is 328 g/mol. The van der Waals surface area contributed by atoms with Gasteiger partial charge in [0.05, 0.1) is 11.4 Å². The Morgan fingerprint density at radius 3 is 2.17 bits per heavy atom. The van der Waals surface area contributed by atoms with Crippen LogP contribution >= 0.6 is 0 Å². The van der Waals surface area contributed by atoms with Gasteiger partial charge < -0.3 is 4.90 Å². The lowest BCUT2D eigenvalue weighted by atomic mass is 10.3. The normalized spacial score (nSPS) is 20.0. The summed E-state index contributed by atoms with van der Waals surface area (Å²) in [6, 6.07) is 0.112. The Morgan fingerprint density at radius 2 is 1.71 bits per heavy atom. The summed E-state index contributed by atoms with van der Waals surface area (Å²) < 4.78 is 29.4. The minimum Gasteiger partial charge on any atom is -0.340 e. The monoisotopic (exact) mass is 354 g/mol. The minimum absolute atomic E-state index is 0.112. The van der Waals surface area contributed by atoms with Crippen molar-refractivity contribution < 1.29 is 13.2 Å². The molecule has 24 heavy (non-hydrogen) atoms. The number of hydrogen-bond donors (Lipinski definition) is 0. The predicted molar refractivity (Wildman–Crippen MR) is 90.1 cm³/mol. The van der Waals surface area contributed by atoms with Gasteiger partial charge in [-0.2, -0.15) is 9.40 Å². The highest BCUT2D eigenvalue weighted by molar-refractivity contribution is 7.89. The molecule has 0 N–H and O–H groups in total. The van der Waals surface area contributed by atoms with Crippen LogP contribution < -0.4 is 0 Å². The molecule has 7 nitrogen and oxygen atoms in total. The fraction of sp³-hybridized carbons (Fsp3) is 0.750. The first-order chi connectivity index (χ1) is 11.2. The molecule has 0 bridgehead atoms. The van der Waals surface area contributed by atoms with Crippen LogP contribution in [0.1, 0.15) is 44.1 Å². The van der Waals surface area contributed by atoms with Crippen molar-refractivity contribution in [3.05, 3.63) is 11.4 Å². The molecule has 0 spiro atoms. The highest BCUT2D eigenvalue weighted by atomic mass is 32.2. The smallest absolute Gasteiger partial charge is 0.246 e. The standard InChI is InChI=1S/C16H26N4O3S/c1-11(2)20-13(4)15(12(3)17-20)24(22,23)19-9-7-18(8-10-19)16(21)14-5-6-14/h11,14H,5-10H2,1-4H3. The minimum atomic E-state index is -3.58. The van der Waals surface area contributed by atoms with Gasteiger partial charge in [-0.25, -0.2) is 8.42 Å². The molecule has 0 radical (unpaired) electrons. The Labute approximate surface area is 143 Å². The second-order valence-corrected chi connectivity index (χ2v) is 8.92. The average Bonchev–Trinajstić information content (AvgIpc) is 3.32. The molecule has 2 fully saturated rings. The lowest BCUT2D eigenvalue weighted by Gasteiger charge is -2.34. The van der Waals surface area contributed by atoms with E-state index in [0.29, 0.717) is 42.5 Å². The van der Waals surface area contributed by atoms with Gasteiger partial charge in [0.15, 0.2) is 0 Å². The number of carbonyl (C=O) groups is 1. The van der Waals surface area contributed by atoms with Crippen LogP contribution in [0.25, 0.3) is 0 Å². The summed E-state index contributed by atoms with van der Waals surface area (Å²) >= 11 is 0. The third-order valence-corrected chi connectivity index (χ3v) is 6.97. The lowest BCUT2D eigenvalue weighted by molar-refractivity contribution is -0.133. The number of rotatable bonds is 4. The molecule has 0 atom stereocenters. The molecule has 1 amide bonds. The summed E-state index contributed by atoms with van der Waals surface area (Å²) in [5, 5.41) is 4.39. The van der Waals surface area contributed by atoms with Crippen LogP contribution in [0.2, 0.25) is 0 Å². The third kappa shape index (κ3) is 2.97. The van der Waals surface area contributed by atoms with Crippen molar-refractivity contribution >= 4 is 15.9 Å². The van der Waals surface area contributed by atoms with Crippen LogP contribution in [0.5, 0.6) is 0 Å². The number of aromatic nitrogens is 2. The molecular formula is C16H26N4O3S. The van der Waals surface area contributed by atoms with Crippen LogP contribution in [0.15, 0.2) is 4.90 Å². The van der Waals surface area contributed by atoms with Crippen molar-refractivity contribution in [1.29, 1.82) is 0 Å².